The summed E-state index contributed by atoms with van der Waals surface area (Å²) in [4.78, 5) is 25.8. The highest BCUT2D eigenvalue weighted by Crippen LogP contribution is 1.88. The van der Waals surface area contributed by atoms with E-state index in [1.165, 1.54) is 0 Å². The number of rotatable bonds is 0. The van der Waals surface area contributed by atoms with Gasteiger partial charge >= 0.3 is 0 Å². The van der Waals surface area contributed by atoms with Gasteiger partial charge in [0.05, 0.1) is 12.6 Å². The molecule has 0 amide bonds. The van der Waals surface area contributed by atoms with Crippen molar-refractivity contribution in [3.63, 3.8) is 0 Å². The van der Waals surface area contributed by atoms with Crippen LogP contribution in [0.1, 0.15) is 6.92 Å². The summed E-state index contributed by atoms with van der Waals surface area (Å²) >= 11 is 0. The van der Waals surface area contributed by atoms with Crippen LogP contribution < -0.4 is 22.1 Å². The van der Waals surface area contributed by atoms with Crippen LogP contribution in [-0.2, 0) is 0 Å². The maximum absolute atomic E-state index is 11.3. The Hall–Kier alpha value is -1.72. The largest absolute Gasteiger partial charge is 0.369 e. The van der Waals surface area contributed by atoms with Gasteiger partial charge in [0.25, 0.3) is 5.56 Å². The molecule has 0 saturated carbocycles. The first-order valence-corrected chi connectivity index (χ1v) is 3.95. The number of aromatic amines is 1. The lowest BCUT2D eigenvalue weighted by Crippen LogP contribution is -2.47. The van der Waals surface area contributed by atoms with Crippen molar-refractivity contribution >= 4 is 5.95 Å². The summed E-state index contributed by atoms with van der Waals surface area (Å²) in [6.07, 6.45) is 0. The van der Waals surface area contributed by atoms with Gasteiger partial charge in [0, 0.05) is 0 Å². The number of nitrogens with one attached hydrogen (secondary N) is 1. The monoisotopic (exact) mass is 179 g/mol. The van der Waals surface area contributed by atoms with Gasteiger partial charge < -0.3 is 5.73 Å². The number of aromatic nitrogens is 2. The number of hydrogen-bond donors (Lipinski definition) is 2. The van der Waals surface area contributed by atoms with Gasteiger partial charge in [0.15, 0.2) is 10.8 Å². The summed E-state index contributed by atoms with van der Waals surface area (Å²) in [6.45, 7) is 2.45. The van der Waals surface area contributed by atoms with Gasteiger partial charge in [0.2, 0.25) is 5.95 Å². The molecule has 0 bridgehead atoms. The van der Waals surface area contributed by atoms with E-state index in [-0.39, 0.29) is 22.9 Å². The van der Waals surface area contributed by atoms with E-state index in [9.17, 15) is 4.79 Å². The normalized spacial score (nSPS) is 19.9. The minimum atomic E-state index is -0.321. The molecule has 0 spiro atoms. The number of anilines is 1. The van der Waals surface area contributed by atoms with Gasteiger partial charge in [-0.05, 0) is 6.92 Å². The van der Waals surface area contributed by atoms with Crippen LogP contribution in [-0.4, -0.2) is 22.6 Å². The number of hydrogen-bond acceptors (Lipinski definition) is 5. The third-order valence-electron chi connectivity index (χ3n) is 1.75. The molecule has 1 aromatic rings. The molecule has 6 nitrogen and oxygen atoms in total. The lowest BCUT2D eigenvalue weighted by Gasteiger charge is -2.05. The quantitative estimate of drug-likeness (QED) is 0.481. The number of nitrogen functional groups attached to an aromatic ring is 1. The fourth-order valence-electron chi connectivity index (χ4n) is 1.18. The Bertz CT molecular complexity index is 503. The lowest BCUT2D eigenvalue weighted by atomic mass is 10.3. The summed E-state index contributed by atoms with van der Waals surface area (Å²) in [6, 6.07) is 0.0408. The van der Waals surface area contributed by atoms with E-state index in [0.717, 1.165) is 0 Å². The molecule has 0 fully saturated rings. The fourth-order valence-corrected chi connectivity index (χ4v) is 1.18. The van der Waals surface area contributed by atoms with Crippen LogP contribution in [0.5, 0.6) is 0 Å². The standard InChI is InChI=1S/C7H9N5O/c1-3-2-9-5-4(10-3)6(13)12-7(8)11-5/h3H,2H2,1H3,(H3,8,9,11,12,13)/t3-/m0/s1. The van der Waals surface area contributed by atoms with Crippen molar-refractivity contribution in [2.24, 2.45) is 9.98 Å². The van der Waals surface area contributed by atoms with Crippen molar-refractivity contribution in [1.29, 1.82) is 0 Å². The van der Waals surface area contributed by atoms with E-state index >= 15 is 0 Å². The van der Waals surface area contributed by atoms with Crippen LogP contribution in [0.2, 0.25) is 0 Å². The van der Waals surface area contributed by atoms with Gasteiger partial charge in [-0.3, -0.25) is 19.8 Å². The Morgan fingerprint density at radius 3 is 3.15 bits per heavy atom. The van der Waals surface area contributed by atoms with Crippen molar-refractivity contribution in [1.82, 2.24) is 9.97 Å². The zero-order chi connectivity index (χ0) is 9.42. The SMILES string of the molecule is C[C@H]1CN=c2nc(N)[nH]c(=O)c2=N1. The maximum Gasteiger partial charge on any atom is 0.280 e. The van der Waals surface area contributed by atoms with E-state index < -0.39 is 0 Å². The van der Waals surface area contributed by atoms with Crippen molar-refractivity contribution < 1.29 is 0 Å². The van der Waals surface area contributed by atoms with Crippen LogP contribution in [0, 0.1) is 0 Å². The Morgan fingerprint density at radius 2 is 2.38 bits per heavy atom. The third-order valence-corrected chi connectivity index (χ3v) is 1.75. The first-order chi connectivity index (χ1) is 6.16. The number of H-pyrrole nitrogens is 1. The Balaban J connectivity index is 2.88. The average Bonchev–Trinajstić information content (AvgIpc) is 2.06. The Labute approximate surface area is 73.3 Å². The highest BCUT2D eigenvalue weighted by Gasteiger charge is 2.07. The average molecular weight is 179 g/mol. The Morgan fingerprint density at radius 1 is 1.62 bits per heavy atom. The summed E-state index contributed by atoms with van der Waals surface area (Å²) < 4.78 is 0. The molecule has 2 heterocycles. The molecule has 0 radical (unpaired) electrons. The molecule has 1 aliphatic heterocycles. The lowest BCUT2D eigenvalue weighted by molar-refractivity contribution is 0.674. The van der Waals surface area contributed by atoms with Gasteiger partial charge in [-0.1, -0.05) is 0 Å². The van der Waals surface area contributed by atoms with Crippen LogP contribution in [0.25, 0.3) is 0 Å². The molecular formula is C7H9N5O. The second-order valence-electron chi connectivity index (χ2n) is 2.94. The molecule has 6 heteroatoms. The second-order valence-corrected chi connectivity index (χ2v) is 2.94. The van der Waals surface area contributed by atoms with Gasteiger partial charge in [-0.2, -0.15) is 4.98 Å². The molecule has 0 aromatic carbocycles. The second kappa shape index (κ2) is 2.65. The first kappa shape index (κ1) is 7.90. The number of nitrogens with zero attached hydrogens (tertiary/aromatic N) is 3. The fraction of sp³-hybridized carbons (Fsp3) is 0.429. The molecule has 1 atom stereocenters. The van der Waals surface area contributed by atoms with Crippen LogP contribution >= 0.6 is 0 Å². The van der Waals surface area contributed by atoms with Crippen molar-refractivity contribution in [2.45, 2.75) is 13.0 Å². The first-order valence-electron chi connectivity index (χ1n) is 3.95. The van der Waals surface area contributed by atoms with E-state index in [1.807, 2.05) is 6.92 Å². The smallest absolute Gasteiger partial charge is 0.280 e. The predicted molar refractivity (Wildman–Crippen MR) is 45.9 cm³/mol. The summed E-state index contributed by atoms with van der Waals surface area (Å²) in [5.74, 6) is 0.0808. The molecule has 0 unspecified atom stereocenters. The van der Waals surface area contributed by atoms with E-state index in [2.05, 4.69) is 20.0 Å². The highest BCUT2D eigenvalue weighted by molar-refractivity contribution is 5.12. The zero-order valence-electron chi connectivity index (χ0n) is 7.11. The summed E-state index contributed by atoms with van der Waals surface area (Å²) in [7, 11) is 0. The summed E-state index contributed by atoms with van der Waals surface area (Å²) in [5.41, 5.74) is 5.37. The molecule has 3 N–H and O–H groups in total. The number of fused-ring (bicyclic) bond motifs is 1. The molecule has 2 rings (SSSR count). The van der Waals surface area contributed by atoms with Crippen molar-refractivity contribution in [2.75, 3.05) is 12.3 Å². The van der Waals surface area contributed by atoms with E-state index in [0.29, 0.717) is 12.0 Å². The molecule has 13 heavy (non-hydrogen) atoms. The summed E-state index contributed by atoms with van der Waals surface area (Å²) in [5, 5.41) is 0.285. The predicted octanol–water partition coefficient (Wildman–Crippen LogP) is -2.01. The minimum absolute atomic E-state index is 0.0408. The third kappa shape index (κ3) is 1.30. The maximum atomic E-state index is 11.3. The number of nitrogens with two attached hydrogens (primary N) is 1. The van der Waals surface area contributed by atoms with E-state index in [1.54, 1.807) is 0 Å². The van der Waals surface area contributed by atoms with Crippen molar-refractivity contribution in [3.8, 4) is 0 Å². The molecular weight excluding hydrogens is 170 g/mol. The van der Waals surface area contributed by atoms with Crippen LogP contribution in [0.3, 0.4) is 0 Å². The molecule has 0 aliphatic carbocycles. The highest BCUT2D eigenvalue weighted by atomic mass is 16.1. The Kier molecular flexibility index (Phi) is 1.61. The van der Waals surface area contributed by atoms with E-state index in [4.69, 9.17) is 5.73 Å². The minimum Gasteiger partial charge on any atom is -0.369 e. The molecule has 0 saturated heterocycles. The van der Waals surface area contributed by atoms with Gasteiger partial charge in [-0.25, -0.2) is 0 Å². The zero-order valence-corrected chi connectivity index (χ0v) is 7.11. The van der Waals surface area contributed by atoms with Crippen LogP contribution in [0.4, 0.5) is 5.95 Å². The van der Waals surface area contributed by atoms with Gasteiger partial charge in [-0.15, -0.1) is 0 Å². The molecule has 68 valence electrons. The van der Waals surface area contributed by atoms with Crippen LogP contribution in [0.15, 0.2) is 14.8 Å². The molecule has 1 aliphatic rings. The molecule has 1 aromatic heterocycles. The van der Waals surface area contributed by atoms with Crippen molar-refractivity contribution in [3.05, 3.63) is 21.2 Å². The topological polar surface area (TPSA) is 96.5 Å². The van der Waals surface area contributed by atoms with Gasteiger partial charge in [0.1, 0.15) is 0 Å².